The van der Waals surface area contributed by atoms with Crippen LogP contribution in [0.5, 0.6) is 0 Å². The van der Waals surface area contributed by atoms with Crippen molar-refractivity contribution in [2.45, 2.75) is 13.8 Å². The van der Waals surface area contributed by atoms with E-state index < -0.39 is 7.60 Å². The van der Waals surface area contributed by atoms with E-state index in [0.29, 0.717) is 5.56 Å². The highest BCUT2D eigenvalue weighted by Gasteiger charge is 2.33. The minimum absolute atomic E-state index is 0.179. The molecule has 17 heavy (non-hydrogen) atoms. The second-order valence-corrected chi connectivity index (χ2v) is 5.05. The van der Waals surface area contributed by atoms with Gasteiger partial charge in [0.05, 0.1) is 13.2 Å². The molecule has 0 aliphatic carbocycles. The fraction of sp³-hybridized carbons (Fsp3) is 0.364. The van der Waals surface area contributed by atoms with Gasteiger partial charge in [0.2, 0.25) is 5.45 Å². The summed E-state index contributed by atoms with van der Waals surface area (Å²) >= 11 is 0. The lowest BCUT2D eigenvalue weighted by Gasteiger charge is -2.17. The van der Waals surface area contributed by atoms with E-state index >= 15 is 0 Å². The smallest absolute Gasteiger partial charge is 0.304 e. The summed E-state index contributed by atoms with van der Waals surface area (Å²) in [5.41, 5.74) is 0.273. The zero-order valence-electron chi connectivity index (χ0n) is 9.83. The molecule has 0 unspecified atom stereocenters. The predicted molar refractivity (Wildman–Crippen MR) is 64.5 cm³/mol. The second-order valence-electron chi connectivity index (χ2n) is 3.11. The van der Waals surface area contributed by atoms with Crippen LogP contribution in [0.3, 0.4) is 0 Å². The Bertz CT molecular complexity index is 409. The lowest BCUT2D eigenvalue weighted by molar-refractivity contribution is 0.204. The Labute approximate surface area is 101 Å². The van der Waals surface area contributed by atoms with E-state index in [1.165, 1.54) is 0 Å². The Morgan fingerprint density at radius 1 is 1.18 bits per heavy atom. The van der Waals surface area contributed by atoms with Crippen LogP contribution in [0.25, 0.3) is 0 Å². The number of benzene rings is 1. The maximum Gasteiger partial charge on any atom is 0.383 e. The normalized spacial score (nSPS) is 12.7. The van der Waals surface area contributed by atoms with Crippen molar-refractivity contribution in [3.63, 3.8) is 0 Å². The van der Waals surface area contributed by atoms with Gasteiger partial charge in [-0.3, -0.25) is 4.57 Å². The largest absolute Gasteiger partial charge is 0.383 e. The molecular weight excluding hydrogens is 241 g/mol. The monoisotopic (exact) mass is 256 g/mol. The molecule has 1 aromatic carbocycles. The highest BCUT2D eigenvalue weighted by molar-refractivity contribution is 7.73. The van der Waals surface area contributed by atoms with Gasteiger partial charge in [-0.05, 0) is 19.0 Å². The van der Waals surface area contributed by atoms with Gasteiger partial charge < -0.3 is 9.05 Å². The van der Waals surface area contributed by atoms with Crippen molar-refractivity contribution in [3.05, 3.63) is 35.9 Å². The van der Waals surface area contributed by atoms with Gasteiger partial charge in [0, 0.05) is 5.56 Å². The molecule has 0 spiro atoms. The SMILES string of the molecule is CCOP(=O)(OCC)/C(=N\[O])c1ccccc1. The van der Waals surface area contributed by atoms with E-state index in [0.717, 1.165) is 0 Å². The highest BCUT2D eigenvalue weighted by atomic mass is 31.2. The van der Waals surface area contributed by atoms with E-state index in [9.17, 15) is 9.77 Å². The third kappa shape index (κ3) is 3.40. The second kappa shape index (κ2) is 6.55. The molecule has 1 aromatic rings. The Balaban J connectivity index is 3.12. The van der Waals surface area contributed by atoms with Crippen LogP contribution in [0.4, 0.5) is 0 Å². The van der Waals surface area contributed by atoms with E-state index in [2.05, 4.69) is 5.16 Å². The van der Waals surface area contributed by atoms with E-state index in [1.54, 1.807) is 44.2 Å². The van der Waals surface area contributed by atoms with Gasteiger partial charge in [-0.1, -0.05) is 30.3 Å². The fourth-order valence-corrected chi connectivity index (χ4v) is 2.91. The molecule has 0 aliphatic heterocycles. The van der Waals surface area contributed by atoms with Gasteiger partial charge in [-0.15, -0.1) is 5.21 Å². The molecule has 0 aliphatic rings. The van der Waals surface area contributed by atoms with Crippen molar-refractivity contribution in [2.75, 3.05) is 13.2 Å². The quantitative estimate of drug-likeness (QED) is 0.446. The van der Waals surface area contributed by atoms with E-state index in [1.807, 2.05) is 0 Å². The summed E-state index contributed by atoms with van der Waals surface area (Å²) in [6.07, 6.45) is 0. The standard InChI is InChI=1S/C11H15NO4P/c1-3-15-17(14,16-4-2)11(12-13)10-8-6-5-7-9-10/h5-9H,3-4H2,1-2H3/b12-11-. The first-order chi connectivity index (χ1) is 8.18. The van der Waals surface area contributed by atoms with E-state index in [4.69, 9.17) is 9.05 Å². The third-order valence-electron chi connectivity index (χ3n) is 1.98. The first-order valence-corrected chi connectivity index (χ1v) is 6.87. The van der Waals surface area contributed by atoms with Gasteiger partial charge in [0.1, 0.15) is 0 Å². The van der Waals surface area contributed by atoms with Crippen LogP contribution in [0.1, 0.15) is 19.4 Å². The van der Waals surface area contributed by atoms with Crippen molar-refractivity contribution in [2.24, 2.45) is 5.16 Å². The summed E-state index contributed by atoms with van der Waals surface area (Å²) in [4.78, 5) is 0. The topological polar surface area (TPSA) is 67.8 Å². The summed E-state index contributed by atoms with van der Waals surface area (Å²) < 4.78 is 22.5. The molecule has 0 heterocycles. The van der Waals surface area contributed by atoms with Crippen molar-refractivity contribution in [1.29, 1.82) is 0 Å². The van der Waals surface area contributed by atoms with Crippen molar-refractivity contribution < 1.29 is 18.8 Å². The number of rotatable bonds is 6. The molecule has 5 nitrogen and oxygen atoms in total. The maximum absolute atomic E-state index is 12.4. The van der Waals surface area contributed by atoms with Crippen LogP contribution in [0.15, 0.2) is 35.5 Å². The minimum atomic E-state index is -3.61. The average Bonchev–Trinajstić information content (AvgIpc) is 2.31. The molecule has 1 rings (SSSR count). The zero-order chi connectivity index (χ0) is 12.7. The molecule has 0 aromatic heterocycles. The van der Waals surface area contributed by atoms with Crippen LogP contribution in [0, 0.1) is 0 Å². The first kappa shape index (κ1) is 13.9. The molecule has 93 valence electrons. The summed E-state index contributed by atoms with van der Waals surface area (Å²) in [5.74, 6) is 0. The lowest BCUT2D eigenvalue weighted by atomic mass is 10.2. The summed E-state index contributed by atoms with van der Waals surface area (Å²) in [7, 11) is -3.61. The lowest BCUT2D eigenvalue weighted by Crippen LogP contribution is -2.08. The number of hydrogen-bond donors (Lipinski definition) is 0. The summed E-state index contributed by atoms with van der Waals surface area (Å²) in [5, 5.41) is 13.7. The van der Waals surface area contributed by atoms with Crippen molar-refractivity contribution >= 4 is 13.0 Å². The van der Waals surface area contributed by atoms with Gasteiger partial charge in [0.25, 0.3) is 0 Å². The Hall–Kier alpha value is -1.16. The Morgan fingerprint density at radius 3 is 2.12 bits per heavy atom. The molecule has 1 radical (unpaired) electrons. The van der Waals surface area contributed by atoms with Crippen molar-refractivity contribution in [1.82, 2.24) is 0 Å². The average molecular weight is 256 g/mol. The van der Waals surface area contributed by atoms with Crippen LogP contribution in [-0.2, 0) is 18.8 Å². The molecule has 0 fully saturated rings. The molecule has 0 atom stereocenters. The highest BCUT2D eigenvalue weighted by Crippen LogP contribution is 2.51. The molecular formula is C11H15NO4P. The summed E-state index contributed by atoms with van der Waals surface area (Å²) in [6.45, 7) is 3.73. The van der Waals surface area contributed by atoms with Crippen molar-refractivity contribution in [3.8, 4) is 0 Å². The predicted octanol–water partition coefficient (Wildman–Crippen LogP) is 3.04. The van der Waals surface area contributed by atoms with Crippen LogP contribution in [-0.4, -0.2) is 18.7 Å². The van der Waals surface area contributed by atoms with Gasteiger partial charge >= 0.3 is 7.60 Å². The third-order valence-corrected chi connectivity index (χ3v) is 4.03. The summed E-state index contributed by atoms with van der Waals surface area (Å²) in [6, 6.07) is 8.52. The minimum Gasteiger partial charge on any atom is -0.304 e. The van der Waals surface area contributed by atoms with Gasteiger partial charge in [-0.25, -0.2) is 0 Å². The fourth-order valence-electron chi connectivity index (χ4n) is 1.35. The maximum atomic E-state index is 12.4. The van der Waals surface area contributed by atoms with Gasteiger partial charge in [-0.2, -0.15) is 0 Å². The number of hydrogen-bond acceptors (Lipinski definition) is 4. The molecule has 0 saturated heterocycles. The van der Waals surface area contributed by atoms with E-state index in [-0.39, 0.29) is 18.7 Å². The molecule has 0 saturated carbocycles. The molecule has 0 N–H and O–H groups in total. The molecule has 6 heteroatoms. The number of nitrogens with zero attached hydrogens (tertiary/aromatic N) is 1. The molecule has 0 bridgehead atoms. The van der Waals surface area contributed by atoms with Crippen LogP contribution in [0.2, 0.25) is 0 Å². The molecule has 0 amide bonds. The zero-order valence-corrected chi connectivity index (χ0v) is 10.7. The Morgan fingerprint density at radius 2 is 1.71 bits per heavy atom. The Kier molecular flexibility index (Phi) is 5.35. The van der Waals surface area contributed by atoms with Crippen LogP contribution < -0.4 is 0 Å². The van der Waals surface area contributed by atoms with Gasteiger partial charge in [0.15, 0.2) is 0 Å². The van der Waals surface area contributed by atoms with Crippen LogP contribution >= 0.6 is 7.60 Å². The first-order valence-electron chi connectivity index (χ1n) is 5.33.